The summed E-state index contributed by atoms with van der Waals surface area (Å²) in [6.45, 7) is 6.74. The molecule has 1 heterocycles. The van der Waals surface area contributed by atoms with Crippen LogP contribution in [0.3, 0.4) is 0 Å². The van der Waals surface area contributed by atoms with Gasteiger partial charge in [0.2, 0.25) is 0 Å². The molecule has 0 saturated carbocycles. The highest BCUT2D eigenvalue weighted by atomic mass is 14.9. The maximum Gasteiger partial charge on any atom is 0.0377 e. The monoisotopic (exact) mass is 189 g/mol. The number of hydrogen-bond acceptors (Lipinski definition) is 1. The number of anilines is 1. The SMILES string of the molecule is CC1CCc2ccc(C(C)C)cc2N1. The lowest BCUT2D eigenvalue weighted by Gasteiger charge is -2.25. The van der Waals surface area contributed by atoms with Crippen molar-refractivity contribution in [3.05, 3.63) is 29.3 Å². The Morgan fingerprint density at radius 2 is 2.14 bits per heavy atom. The highest BCUT2D eigenvalue weighted by Crippen LogP contribution is 2.28. The van der Waals surface area contributed by atoms with Crippen molar-refractivity contribution >= 4 is 5.69 Å². The lowest BCUT2D eigenvalue weighted by molar-refractivity contribution is 0.679. The quantitative estimate of drug-likeness (QED) is 0.712. The van der Waals surface area contributed by atoms with Crippen LogP contribution in [0.5, 0.6) is 0 Å². The van der Waals surface area contributed by atoms with Crippen LogP contribution in [0.15, 0.2) is 18.2 Å². The number of benzene rings is 1. The highest BCUT2D eigenvalue weighted by Gasteiger charge is 2.14. The third-order valence-corrected chi connectivity index (χ3v) is 3.05. The van der Waals surface area contributed by atoms with Crippen molar-refractivity contribution in [2.75, 3.05) is 5.32 Å². The second-order valence-corrected chi connectivity index (χ2v) is 4.66. The molecule has 1 aromatic rings. The van der Waals surface area contributed by atoms with Crippen LogP contribution in [0.2, 0.25) is 0 Å². The van der Waals surface area contributed by atoms with E-state index < -0.39 is 0 Å². The van der Waals surface area contributed by atoms with Crippen LogP contribution in [-0.4, -0.2) is 6.04 Å². The van der Waals surface area contributed by atoms with Gasteiger partial charge in [-0.1, -0.05) is 26.0 Å². The van der Waals surface area contributed by atoms with Crippen LogP contribution in [0, 0.1) is 0 Å². The van der Waals surface area contributed by atoms with E-state index >= 15 is 0 Å². The van der Waals surface area contributed by atoms with Crippen LogP contribution in [0.1, 0.15) is 44.2 Å². The molecule has 1 heteroatoms. The minimum Gasteiger partial charge on any atom is -0.382 e. The summed E-state index contributed by atoms with van der Waals surface area (Å²) in [5.41, 5.74) is 4.27. The molecule has 1 aliphatic heterocycles. The third kappa shape index (κ3) is 1.77. The Kier molecular flexibility index (Phi) is 2.49. The highest BCUT2D eigenvalue weighted by molar-refractivity contribution is 5.56. The maximum atomic E-state index is 3.56. The van der Waals surface area contributed by atoms with Crippen LogP contribution >= 0.6 is 0 Å². The minimum absolute atomic E-state index is 0.624. The molecule has 0 amide bonds. The number of rotatable bonds is 1. The van der Waals surface area contributed by atoms with Crippen molar-refractivity contribution in [1.82, 2.24) is 0 Å². The van der Waals surface area contributed by atoms with Crippen LogP contribution in [0.25, 0.3) is 0 Å². The van der Waals surface area contributed by atoms with E-state index in [0.29, 0.717) is 12.0 Å². The minimum atomic E-state index is 0.624. The van der Waals surface area contributed by atoms with E-state index in [4.69, 9.17) is 0 Å². The molecule has 0 spiro atoms. The zero-order valence-electron chi connectivity index (χ0n) is 9.30. The summed E-state index contributed by atoms with van der Waals surface area (Å²) >= 11 is 0. The van der Waals surface area contributed by atoms with E-state index in [1.54, 1.807) is 0 Å². The lowest BCUT2D eigenvalue weighted by Crippen LogP contribution is -2.21. The normalized spacial score (nSPS) is 20.4. The molecular formula is C13H19N. The van der Waals surface area contributed by atoms with Gasteiger partial charge in [-0.05, 0) is 42.9 Å². The van der Waals surface area contributed by atoms with Gasteiger partial charge < -0.3 is 5.32 Å². The van der Waals surface area contributed by atoms with Gasteiger partial charge in [-0.25, -0.2) is 0 Å². The maximum absolute atomic E-state index is 3.56. The Morgan fingerprint density at radius 1 is 1.36 bits per heavy atom. The van der Waals surface area contributed by atoms with Gasteiger partial charge in [0, 0.05) is 11.7 Å². The molecule has 1 aromatic carbocycles. The number of fused-ring (bicyclic) bond motifs is 1. The van der Waals surface area contributed by atoms with Crippen molar-refractivity contribution in [2.24, 2.45) is 0 Å². The van der Waals surface area contributed by atoms with E-state index in [9.17, 15) is 0 Å². The van der Waals surface area contributed by atoms with E-state index in [1.807, 2.05) is 0 Å². The Morgan fingerprint density at radius 3 is 2.86 bits per heavy atom. The van der Waals surface area contributed by atoms with Gasteiger partial charge in [-0.2, -0.15) is 0 Å². The molecule has 1 unspecified atom stereocenters. The molecule has 1 nitrogen and oxygen atoms in total. The number of aryl methyl sites for hydroxylation is 1. The summed E-state index contributed by atoms with van der Waals surface area (Å²) < 4.78 is 0. The fourth-order valence-electron chi connectivity index (χ4n) is 2.02. The van der Waals surface area contributed by atoms with Gasteiger partial charge >= 0.3 is 0 Å². The summed E-state index contributed by atoms with van der Waals surface area (Å²) in [7, 11) is 0. The van der Waals surface area contributed by atoms with Crippen molar-refractivity contribution in [3.8, 4) is 0 Å². The van der Waals surface area contributed by atoms with Crippen molar-refractivity contribution < 1.29 is 0 Å². The molecule has 1 aliphatic rings. The van der Waals surface area contributed by atoms with Crippen LogP contribution < -0.4 is 5.32 Å². The second-order valence-electron chi connectivity index (χ2n) is 4.66. The Hall–Kier alpha value is -0.980. The first kappa shape index (κ1) is 9.57. The van der Waals surface area contributed by atoms with Crippen molar-refractivity contribution in [2.45, 2.75) is 45.6 Å². The molecule has 0 saturated heterocycles. The summed E-state index contributed by atoms with van der Waals surface area (Å²) in [6, 6.07) is 7.49. The van der Waals surface area contributed by atoms with Gasteiger partial charge in [-0.3, -0.25) is 0 Å². The zero-order valence-corrected chi connectivity index (χ0v) is 9.30. The Balaban J connectivity index is 2.33. The van der Waals surface area contributed by atoms with Crippen molar-refractivity contribution in [1.29, 1.82) is 0 Å². The molecule has 1 atom stereocenters. The Labute approximate surface area is 86.5 Å². The Bertz CT molecular complexity index is 328. The first-order chi connectivity index (χ1) is 6.66. The molecule has 2 rings (SSSR count). The lowest BCUT2D eigenvalue weighted by atomic mass is 9.94. The first-order valence-corrected chi connectivity index (χ1v) is 5.56. The third-order valence-electron chi connectivity index (χ3n) is 3.05. The molecule has 14 heavy (non-hydrogen) atoms. The summed E-state index contributed by atoms with van der Waals surface area (Å²) in [4.78, 5) is 0. The molecule has 1 N–H and O–H groups in total. The number of nitrogens with one attached hydrogen (secondary N) is 1. The van der Waals surface area contributed by atoms with Gasteiger partial charge in [0.1, 0.15) is 0 Å². The number of hydrogen-bond donors (Lipinski definition) is 1. The molecular weight excluding hydrogens is 170 g/mol. The summed E-state index contributed by atoms with van der Waals surface area (Å²) in [6.07, 6.45) is 2.48. The fraction of sp³-hybridized carbons (Fsp3) is 0.538. The van der Waals surface area contributed by atoms with E-state index in [1.165, 1.54) is 29.7 Å². The van der Waals surface area contributed by atoms with Gasteiger partial charge in [0.15, 0.2) is 0 Å². The summed E-state index contributed by atoms with van der Waals surface area (Å²) in [5, 5.41) is 3.56. The topological polar surface area (TPSA) is 12.0 Å². The standard InChI is InChI=1S/C13H19N/c1-9(2)12-7-6-11-5-4-10(3)14-13(11)8-12/h6-10,14H,4-5H2,1-3H3. The fourth-order valence-corrected chi connectivity index (χ4v) is 2.02. The predicted molar refractivity (Wildman–Crippen MR) is 61.9 cm³/mol. The molecule has 0 radical (unpaired) electrons. The van der Waals surface area contributed by atoms with Gasteiger partial charge in [0.25, 0.3) is 0 Å². The van der Waals surface area contributed by atoms with Crippen molar-refractivity contribution in [3.63, 3.8) is 0 Å². The molecule has 0 aliphatic carbocycles. The summed E-state index contributed by atoms with van der Waals surface area (Å²) in [5.74, 6) is 0.624. The zero-order chi connectivity index (χ0) is 10.1. The largest absolute Gasteiger partial charge is 0.382 e. The average molecular weight is 189 g/mol. The van der Waals surface area contributed by atoms with E-state index in [-0.39, 0.29) is 0 Å². The molecule has 76 valence electrons. The molecule has 0 bridgehead atoms. The first-order valence-electron chi connectivity index (χ1n) is 5.56. The predicted octanol–water partition coefficient (Wildman–Crippen LogP) is 3.56. The molecule has 0 aromatic heterocycles. The van der Waals surface area contributed by atoms with E-state index in [2.05, 4.69) is 44.3 Å². The van der Waals surface area contributed by atoms with Crippen LogP contribution in [-0.2, 0) is 6.42 Å². The smallest absolute Gasteiger partial charge is 0.0377 e. The molecule has 0 fully saturated rings. The van der Waals surface area contributed by atoms with Gasteiger partial charge in [-0.15, -0.1) is 0 Å². The average Bonchev–Trinajstić information content (AvgIpc) is 2.16. The van der Waals surface area contributed by atoms with E-state index in [0.717, 1.165) is 0 Å². The second kappa shape index (κ2) is 3.64. The van der Waals surface area contributed by atoms with Crippen LogP contribution in [0.4, 0.5) is 5.69 Å². The van der Waals surface area contributed by atoms with Gasteiger partial charge in [0.05, 0.1) is 0 Å².